The van der Waals surface area contributed by atoms with Gasteiger partial charge >= 0.3 is 7.12 Å². The van der Waals surface area contributed by atoms with E-state index in [0.29, 0.717) is 24.9 Å². The molecule has 0 aromatic carbocycles. The van der Waals surface area contributed by atoms with Gasteiger partial charge in [0.15, 0.2) is 0 Å². The van der Waals surface area contributed by atoms with Gasteiger partial charge in [0.1, 0.15) is 18.1 Å². The molecular weight excluding hydrogens is 433 g/mol. The van der Waals surface area contributed by atoms with Crippen molar-refractivity contribution in [2.45, 2.75) is 71.9 Å². The predicted molar refractivity (Wildman–Crippen MR) is 129 cm³/mol. The van der Waals surface area contributed by atoms with Crippen molar-refractivity contribution >= 4 is 25.0 Å². The van der Waals surface area contributed by atoms with Crippen LogP contribution in [0.3, 0.4) is 0 Å². The lowest BCUT2D eigenvalue weighted by molar-refractivity contribution is -0.138. The Morgan fingerprint density at radius 2 is 2.00 bits per heavy atom. The number of aliphatic hydroxyl groups is 1. The number of carbonyl (C=O) groups is 2. The van der Waals surface area contributed by atoms with Gasteiger partial charge in [0.05, 0.1) is 17.9 Å². The zero-order valence-electron chi connectivity index (χ0n) is 20.6. The minimum Gasteiger partial charge on any atom is -0.459 e. The van der Waals surface area contributed by atoms with Crippen molar-refractivity contribution in [3.05, 3.63) is 40.4 Å². The van der Waals surface area contributed by atoms with Crippen molar-refractivity contribution < 1.29 is 28.8 Å². The van der Waals surface area contributed by atoms with Gasteiger partial charge in [-0.1, -0.05) is 38.3 Å². The van der Waals surface area contributed by atoms with Crippen molar-refractivity contribution in [3.8, 4) is 0 Å². The number of imide groups is 1. The summed E-state index contributed by atoms with van der Waals surface area (Å²) in [6.07, 6.45) is 6.04. The predicted octanol–water partition coefficient (Wildman–Crippen LogP) is 3.82. The Morgan fingerprint density at radius 3 is 2.65 bits per heavy atom. The van der Waals surface area contributed by atoms with E-state index in [1.165, 1.54) is 16.0 Å². The maximum atomic E-state index is 13.0. The highest BCUT2D eigenvalue weighted by molar-refractivity contribution is 6.43. The number of nitrogens with zero attached hydrogens (tertiary/aromatic N) is 1. The van der Waals surface area contributed by atoms with Crippen LogP contribution in [0, 0.1) is 23.7 Å². The summed E-state index contributed by atoms with van der Waals surface area (Å²) < 4.78 is 11.7. The number of fused-ring (bicyclic) bond motifs is 3. The Morgan fingerprint density at radius 1 is 1.24 bits per heavy atom. The zero-order valence-corrected chi connectivity index (χ0v) is 20.6. The summed E-state index contributed by atoms with van der Waals surface area (Å²) in [5.74, 6) is 0.368. The molecule has 2 amide bonds. The summed E-state index contributed by atoms with van der Waals surface area (Å²) in [7, 11) is 0.624. The number of hydrogen-bond donors (Lipinski definition) is 2. The standard InChI is InChI=1S/C26H36BNO6/c1-5-6-16(11-17-8-9-18(14-29)33-17)7-10-22-23-19(15(2)3)12-20-24(21(23)13-27(32)34-22)26(31)28(4)25(20)30/h8-9,11,15,20-22,24,29,32H,5-7,10,12-14H2,1-4H3/b16-11+/t20-,21+,22-,24-/m1/s1. The molecule has 0 spiro atoms. The maximum Gasteiger partial charge on any atom is 0.455 e. The van der Waals surface area contributed by atoms with E-state index in [9.17, 15) is 19.7 Å². The molecule has 2 fully saturated rings. The monoisotopic (exact) mass is 469 g/mol. The molecule has 0 unspecified atom stereocenters. The summed E-state index contributed by atoms with van der Waals surface area (Å²) in [5, 5.41) is 19.9. The third kappa shape index (κ3) is 4.68. The second-order valence-corrected chi connectivity index (χ2v) is 10.2. The lowest BCUT2D eigenvalue weighted by atomic mass is 9.57. The molecule has 0 radical (unpaired) electrons. The SMILES string of the molecule is CCC/C(=C\c1ccc(CO)o1)CC[C@H]1OB(O)C[C@H]2C1=C(C(C)C)C[C@H]1C(=O)N(C)C(=O)[C@H]12. The number of hydrogen-bond acceptors (Lipinski definition) is 6. The summed E-state index contributed by atoms with van der Waals surface area (Å²) in [5.41, 5.74) is 3.56. The Labute approximate surface area is 202 Å². The van der Waals surface area contributed by atoms with Crippen molar-refractivity contribution in [2.24, 2.45) is 23.7 Å². The van der Waals surface area contributed by atoms with Gasteiger partial charge in [-0.3, -0.25) is 14.5 Å². The van der Waals surface area contributed by atoms with Gasteiger partial charge in [-0.15, -0.1) is 0 Å². The molecule has 3 aliphatic rings. The van der Waals surface area contributed by atoms with Crippen LogP contribution in [0.5, 0.6) is 0 Å². The van der Waals surface area contributed by atoms with E-state index >= 15 is 0 Å². The van der Waals surface area contributed by atoms with Crippen LogP contribution >= 0.6 is 0 Å². The minimum absolute atomic E-state index is 0.0985. The van der Waals surface area contributed by atoms with Gasteiger partial charge in [-0.25, -0.2) is 0 Å². The first-order valence-electron chi connectivity index (χ1n) is 12.5. The molecule has 1 aliphatic carbocycles. The van der Waals surface area contributed by atoms with Crippen LogP contribution in [0.1, 0.15) is 64.4 Å². The fourth-order valence-electron chi connectivity index (χ4n) is 6.07. The fraction of sp³-hybridized carbons (Fsp3) is 0.615. The molecule has 184 valence electrons. The Balaban J connectivity index is 1.62. The van der Waals surface area contributed by atoms with Gasteiger partial charge < -0.3 is 19.2 Å². The van der Waals surface area contributed by atoms with E-state index in [0.717, 1.165) is 30.6 Å². The number of rotatable bonds is 8. The zero-order chi connectivity index (χ0) is 24.6. The van der Waals surface area contributed by atoms with Crippen molar-refractivity contribution in [2.75, 3.05) is 7.05 Å². The van der Waals surface area contributed by atoms with Crippen molar-refractivity contribution in [3.63, 3.8) is 0 Å². The molecule has 4 atom stereocenters. The first-order chi connectivity index (χ1) is 16.2. The number of furan rings is 1. The molecule has 1 aromatic heterocycles. The highest BCUT2D eigenvalue weighted by Crippen LogP contribution is 2.51. The third-order valence-electron chi connectivity index (χ3n) is 7.64. The van der Waals surface area contributed by atoms with Crippen LogP contribution in [-0.4, -0.2) is 47.1 Å². The van der Waals surface area contributed by atoms with E-state index in [4.69, 9.17) is 9.07 Å². The quantitative estimate of drug-likeness (QED) is 0.341. The highest BCUT2D eigenvalue weighted by Gasteiger charge is 2.56. The first kappa shape index (κ1) is 25.0. The van der Waals surface area contributed by atoms with E-state index in [1.807, 2.05) is 12.1 Å². The summed E-state index contributed by atoms with van der Waals surface area (Å²) >= 11 is 0. The molecule has 34 heavy (non-hydrogen) atoms. The summed E-state index contributed by atoms with van der Waals surface area (Å²) in [6, 6.07) is 3.63. The molecule has 8 heteroatoms. The lowest BCUT2D eigenvalue weighted by Gasteiger charge is -2.44. The second-order valence-electron chi connectivity index (χ2n) is 10.2. The second kappa shape index (κ2) is 10.2. The fourth-order valence-corrected chi connectivity index (χ4v) is 6.07. The molecule has 0 bridgehead atoms. The third-order valence-corrected chi connectivity index (χ3v) is 7.64. The Kier molecular flexibility index (Phi) is 7.50. The molecular formula is C26H36BNO6. The molecule has 0 saturated carbocycles. The van der Waals surface area contributed by atoms with Crippen LogP contribution in [0.25, 0.3) is 6.08 Å². The van der Waals surface area contributed by atoms with Gasteiger partial charge in [0.25, 0.3) is 0 Å². The molecule has 1 aromatic rings. The largest absolute Gasteiger partial charge is 0.459 e. The average molecular weight is 469 g/mol. The highest BCUT2D eigenvalue weighted by atomic mass is 16.5. The molecule has 3 heterocycles. The van der Waals surface area contributed by atoms with Gasteiger partial charge in [0.2, 0.25) is 11.8 Å². The van der Waals surface area contributed by atoms with Crippen LogP contribution in [-0.2, 0) is 20.9 Å². The Hall–Kier alpha value is -2.16. The molecule has 4 rings (SSSR count). The Bertz CT molecular complexity index is 995. The van der Waals surface area contributed by atoms with E-state index in [1.54, 1.807) is 13.1 Å². The average Bonchev–Trinajstić information content (AvgIpc) is 3.35. The number of amides is 2. The smallest absolute Gasteiger partial charge is 0.455 e. The molecule has 7 nitrogen and oxygen atoms in total. The topological polar surface area (TPSA) is 100 Å². The number of likely N-dealkylation sites (tertiary alicyclic amines) is 1. The van der Waals surface area contributed by atoms with Crippen LogP contribution in [0.4, 0.5) is 0 Å². The van der Waals surface area contributed by atoms with E-state index < -0.39 is 13.0 Å². The summed E-state index contributed by atoms with van der Waals surface area (Å²) in [6.45, 7) is 6.26. The maximum absolute atomic E-state index is 13.0. The van der Waals surface area contributed by atoms with Crippen molar-refractivity contribution in [1.29, 1.82) is 0 Å². The van der Waals surface area contributed by atoms with Gasteiger partial charge in [-0.05, 0) is 67.6 Å². The molecule has 2 N–H and O–H groups in total. The van der Waals surface area contributed by atoms with Gasteiger partial charge in [0, 0.05) is 7.05 Å². The number of carbonyl (C=O) groups excluding carboxylic acids is 2. The first-order valence-corrected chi connectivity index (χ1v) is 12.5. The van der Waals surface area contributed by atoms with Crippen LogP contribution < -0.4 is 0 Å². The van der Waals surface area contributed by atoms with Crippen molar-refractivity contribution in [1.82, 2.24) is 4.90 Å². The lowest BCUT2D eigenvalue weighted by Crippen LogP contribution is -2.46. The molecule has 2 aliphatic heterocycles. The van der Waals surface area contributed by atoms with Gasteiger partial charge in [-0.2, -0.15) is 0 Å². The van der Waals surface area contributed by atoms with E-state index in [-0.39, 0.29) is 42.3 Å². The number of aliphatic hydroxyl groups excluding tert-OH is 1. The number of allylic oxidation sites excluding steroid dienone is 2. The van der Waals surface area contributed by atoms with Crippen LogP contribution in [0.2, 0.25) is 6.32 Å². The van der Waals surface area contributed by atoms with E-state index in [2.05, 4.69) is 20.8 Å². The van der Waals surface area contributed by atoms with Crippen LogP contribution in [0.15, 0.2) is 33.3 Å². The summed E-state index contributed by atoms with van der Waals surface area (Å²) in [4.78, 5) is 27.1. The minimum atomic E-state index is -0.949. The normalized spacial score (nSPS) is 27.7. The molecule has 2 saturated heterocycles.